The van der Waals surface area contributed by atoms with E-state index in [1.807, 2.05) is 4.90 Å². The summed E-state index contributed by atoms with van der Waals surface area (Å²) in [5.74, 6) is 5.22. The van der Waals surface area contributed by atoms with Gasteiger partial charge >= 0.3 is 0 Å². The van der Waals surface area contributed by atoms with Gasteiger partial charge in [0.1, 0.15) is 0 Å². The fraction of sp³-hybridized carbons (Fsp3) is 0.893. The van der Waals surface area contributed by atoms with Gasteiger partial charge in [-0.25, -0.2) is 0 Å². The van der Waals surface area contributed by atoms with Crippen molar-refractivity contribution in [3.05, 3.63) is 12.2 Å². The van der Waals surface area contributed by atoms with E-state index in [1.54, 1.807) is 6.92 Å². The Morgan fingerprint density at radius 2 is 1.66 bits per heavy atom. The molecule has 5 rings (SSSR count). The van der Waals surface area contributed by atoms with Gasteiger partial charge in [-0.05, 0) is 106 Å². The second-order valence-corrected chi connectivity index (χ2v) is 12.8. The van der Waals surface area contributed by atoms with Gasteiger partial charge in [0.2, 0.25) is 5.91 Å². The number of carbonyl (C=O) groups excluding carboxylic acids is 1. The van der Waals surface area contributed by atoms with Gasteiger partial charge in [0.15, 0.2) is 0 Å². The molecule has 4 nitrogen and oxygen atoms in total. The van der Waals surface area contributed by atoms with E-state index in [9.17, 15) is 9.90 Å². The number of rotatable bonds is 3. The van der Waals surface area contributed by atoms with Crippen LogP contribution in [0, 0.1) is 40.9 Å². The van der Waals surface area contributed by atoms with Crippen molar-refractivity contribution in [1.29, 1.82) is 0 Å². The number of piperazine rings is 1. The van der Waals surface area contributed by atoms with Gasteiger partial charge in [-0.1, -0.05) is 19.1 Å². The van der Waals surface area contributed by atoms with Crippen molar-refractivity contribution in [2.75, 3.05) is 32.7 Å². The Bertz CT molecular complexity index is 740. The smallest absolute Gasteiger partial charge is 0.219 e. The highest BCUT2D eigenvalue weighted by Gasteiger charge is 2.57. The van der Waals surface area contributed by atoms with E-state index in [4.69, 9.17) is 0 Å². The molecule has 1 amide bonds. The summed E-state index contributed by atoms with van der Waals surface area (Å²) in [6.45, 7) is 15.8. The fourth-order valence-corrected chi connectivity index (χ4v) is 9.37. The molecule has 32 heavy (non-hydrogen) atoms. The molecule has 0 aromatic carbocycles. The maximum absolute atomic E-state index is 11.6. The predicted molar refractivity (Wildman–Crippen MR) is 129 cm³/mol. The van der Waals surface area contributed by atoms with Crippen molar-refractivity contribution in [1.82, 2.24) is 9.80 Å². The van der Waals surface area contributed by atoms with Crippen molar-refractivity contribution < 1.29 is 9.90 Å². The molecule has 8 atom stereocenters. The van der Waals surface area contributed by atoms with Crippen molar-refractivity contribution in [3.8, 4) is 0 Å². The first-order chi connectivity index (χ1) is 15.2. The highest BCUT2D eigenvalue weighted by atomic mass is 16.3. The zero-order valence-electron chi connectivity index (χ0n) is 20.8. The van der Waals surface area contributed by atoms with E-state index in [2.05, 4.69) is 25.3 Å². The first-order valence-electron chi connectivity index (χ1n) is 13.6. The number of carbonyl (C=O) groups is 1. The number of hydrogen-bond acceptors (Lipinski definition) is 3. The fourth-order valence-electron chi connectivity index (χ4n) is 9.37. The van der Waals surface area contributed by atoms with Crippen LogP contribution in [0.2, 0.25) is 0 Å². The Labute approximate surface area is 195 Å². The maximum atomic E-state index is 11.6. The lowest BCUT2D eigenvalue weighted by molar-refractivity contribution is -0.130. The van der Waals surface area contributed by atoms with Gasteiger partial charge in [-0.15, -0.1) is 0 Å². The monoisotopic (exact) mass is 442 g/mol. The number of aliphatic hydroxyl groups is 1. The summed E-state index contributed by atoms with van der Waals surface area (Å²) in [6, 6.07) is 0. The topological polar surface area (TPSA) is 43.8 Å². The minimum atomic E-state index is -0.413. The average Bonchev–Trinajstić information content (AvgIpc) is 3.10. The number of fused-ring (bicyclic) bond motifs is 5. The molecule has 1 N–H and O–H groups in total. The summed E-state index contributed by atoms with van der Waals surface area (Å²) in [7, 11) is 0. The Balaban J connectivity index is 1.22. The van der Waals surface area contributed by atoms with Crippen molar-refractivity contribution >= 4 is 5.91 Å². The minimum absolute atomic E-state index is 0.211. The molecule has 180 valence electrons. The summed E-state index contributed by atoms with van der Waals surface area (Å²) >= 11 is 0. The molecule has 5 fully saturated rings. The van der Waals surface area contributed by atoms with Crippen molar-refractivity contribution in [3.63, 3.8) is 0 Å². The summed E-state index contributed by atoms with van der Waals surface area (Å²) in [5, 5.41) is 10.6. The molecule has 0 aromatic rings. The summed E-state index contributed by atoms with van der Waals surface area (Å²) in [6.07, 6.45) is 11.6. The molecule has 0 bridgehead atoms. The van der Waals surface area contributed by atoms with Crippen LogP contribution in [0.25, 0.3) is 0 Å². The number of nitrogens with zero attached hydrogens (tertiary/aromatic N) is 2. The Morgan fingerprint density at radius 3 is 2.38 bits per heavy atom. The van der Waals surface area contributed by atoms with Gasteiger partial charge in [0.25, 0.3) is 0 Å². The van der Waals surface area contributed by atoms with E-state index in [-0.39, 0.29) is 5.91 Å². The normalized spacial score (nSPS) is 46.8. The SMILES string of the molecule is C=C(CN1CCN(C(C)=O)CC1)[C@H]1CC[C@H]2[C@@H]3CC[C@@H]4C[C@](C)(O)CC[C@@H]4[C@H]3CC[C@]12C. The van der Waals surface area contributed by atoms with Crippen LogP contribution in [0.3, 0.4) is 0 Å². The number of hydrogen-bond donors (Lipinski definition) is 1. The zero-order chi connectivity index (χ0) is 22.7. The maximum Gasteiger partial charge on any atom is 0.219 e. The minimum Gasteiger partial charge on any atom is -0.390 e. The van der Waals surface area contributed by atoms with Crippen LogP contribution < -0.4 is 0 Å². The van der Waals surface area contributed by atoms with Crippen LogP contribution in [0.5, 0.6) is 0 Å². The summed E-state index contributed by atoms with van der Waals surface area (Å²) < 4.78 is 0. The van der Waals surface area contributed by atoms with Crippen LogP contribution in [-0.2, 0) is 4.79 Å². The highest BCUT2D eigenvalue weighted by Crippen LogP contribution is 2.65. The van der Waals surface area contributed by atoms with Crippen LogP contribution in [0.15, 0.2) is 12.2 Å². The molecule has 1 aliphatic heterocycles. The van der Waals surface area contributed by atoms with E-state index < -0.39 is 5.60 Å². The average molecular weight is 443 g/mol. The molecule has 4 heteroatoms. The van der Waals surface area contributed by atoms with Crippen LogP contribution >= 0.6 is 0 Å². The van der Waals surface area contributed by atoms with Gasteiger partial charge in [-0.3, -0.25) is 9.69 Å². The van der Waals surface area contributed by atoms with E-state index >= 15 is 0 Å². The zero-order valence-corrected chi connectivity index (χ0v) is 20.8. The third-order valence-corrected chi connectivity index (χ3v) is 11.0. The van der Waals surface area contributed by atoms with Gasteiger partial charge in [0.05, 0.1) is 5.60 Å². The molecule has 4 aliphatic carbocycles. The third-order valence-electron chi connectivity index (χ3n) is 11.0. The van der Waals surface area contributed by atoms with Gasteiger partial charge in [-0.2, -0.15) is 0 Å². The molecular weight excluding hydrogens is 396 g/mol. The highest BCUT2D eigenvalue weighted by molar-refractivity contribution is 5.73. The largest absolute Gasteiger partial charge is 0.390 e. The van der Waals surface area contributed by atoms with E-state index in [1.165, 1.54) is 50.5 Å². The second kappa shape index (κ2) is 8.41. The molecule has 4 saturated carbocycles. The molecule has 0 unspecified atom stereocenters. The third kappa shape index (κ3) is 3.98. The van der Waals surface area contributed by atoms with Gasteiger partial charge in [0, 0.05) is 39.6 Å². The van der Waals surface area contributed by atoms with Crippen LogP contribution in [0.4, 0.5) is 0 Å². The van der Waals surface area contributed by atoms with Crippen LogP contribution in [0.1, 0.15) is 78.6 Å². The van der Waals surface area contributed by atoms with Gasteiger partial charge < -0.3 is 10.0 Å². The molecule has 1 heterocycles. The molecule has 1 saturated heterocycles. The van der Waals surface area contributed by atoms with E-state index in [0.29, 0.717) is 11.3 Å². The molecule has 0 aromatic heterocycles. The Kier molecular flexibility index (Phi) is 6.02. The quantitative estimate of drug-likeness (QED) is 0.643. The van der Waals surface area contributed by atoms with Crippen molar-refractivity contribution in [2.24, 2.45) is 40.9 Å². The lowest BCUT2D eigenvalue weighted by atomic mass is 9.49. The standard InChI is InChI=1S/C28H46N2O2/c1-19(18-29-13-15-30(16-14-29)20(2)31)25-7-8-26-24-6-5-21-17-27(3,32)11-9-22(21)23(24)10-12-28(25,26)4/h21-26,32H,1,5-18H2,2-4H3/t21-,22+,23-,24-,25-,26+,27-,28-/m1/s1. The Morgan fingerprint density at radius 1 is 0.938 bits per heavy atom. The Hall–Kier alpha value is -0.870. The van der Waals surface area contributed by atoms with Crippen molar-refractivity contribution in [2.45, 2.75) is 84.2 Å². The summed E-state index contributed by atoms with van der Waals surface area (Å²) in [4.78, 5) is 16.2. The lowest BCUT2D eigenvalue weighted by Crippen LogP contribution is -2.51. The molecule has 0 spiro atoms. The molecular formula is C28H46N2O2. The summed E-state index contributed by atoms with van der Waals surface area (Å²) in [5.41, 5.74) is 1.49. The first-order valence-corrected chi connectivity index (χ1v) is 13.6. The predicted octanol–water partition coefficient (Wildman–Crippen LogP) is 4.73. The molecule has 5 aliphatic rings. The lowest BCUT2D eigenvalue weighted by Gasteiger charge is -2.57. The second-order valence-electron chi connectivity index (χ2n) is 12.8. The number of amides is 1. The first kappa shape index (κ1) is 22.9. The van der Waals surface area contributed by atoms with Crippen LogP contribution in [-0.4, -0.2) is 59.1 Å². The molecule has 0 radical (unpaired) electrons. The van der Waals surface area contributed by atoms with E-state index in [0.717, 1.165) is 75.2 Å².